The maximum absolute atomic E-state index is 14.0. The summed E-state index contributed by atoms with van der Waals surface area (Å²) in [5, 5.41) is 0. The van der Waals surface area contributed by atoms with E-state index in [9.17, 15) is 14.0 Å². The Morgan fingerprint density at radius 3 is 2.43 bits per heavy atom. The molecule has 3 unspecified atom stereocenters. The Morgan fingerprint density at radius 1 is 1.18 bits per heavy atom. The van der Waals surface area contributed by atoms with Crippen LogP contribution in [0, 0.1) is 11.7 Å². The summed E-state index contributed by atoms with van der Waals surface area (Å²) >= 11 is 0. The molecule has 0 radical (unpaired) electrons. The van der Waals surface area contributed by atoms with E-state index in [1.165, 1.54) is 15.9 Å². The first-order chi connectivity index (χ1) is 12.9. The van der Waals surface area contributed by atoms with Gasteiger partial charge in [0.15, 0.2) is 0 Å². The summed E-state index contributed by atoms with van der Waals surface area (Å²) < 4.78 is 14.0. The van der Waals surface area contributed by atoms with Crippen LogP contribution in [0.4, 0.5) is 10.1 Å². The van der Waals surface area contributed by atoms with E-state index < -0.39 is 23.8 Å². The Hall–Kier alpha value is -2.44. The number of nitrogens with two attached hydrogens (primary N) is 1. The number of halogens is 2. The zero-order valence-corrected chi connectivity index (χ0v) is 16.7. The maximum atomic E-state index is 14.0. The molecule has 3 atom stereocenters. The molecule has 0 spiro atoms. The van der Waals surface area contributed by atoms with Gasteiger partial charge in [0, 0.05) is 19.6 Å². The topological polar surface area (TPSA) is 66.6 Å². The van der Waals surface area contributed by atoms with Crippen molar-refractivity contribution in [3.8, 4) is 0 Å². The molecule has 1 aliphatic rings. The lowest BCUT2D eigenvalue weighted by Gasteiger charge is -2.29. The van der Waals surface area contributed by atoms with Gasteiger partial charge in [-0.2, -0.15) is 0 Å². The van der Waals surface area contributed by atoms with Crippen molar-refractivity contribution in [3.05, 3.63) is 66.0 Å². The van der Waals surface area contributed by atoms with Crippen molar-refractivity contribution in [2.75, 3.05) is 18.5 Å². The largest absolute Gasteiger partial charge is 0.333 e. The molecule has 7 heteroatoms. The van der Waals surface area contributed by atoms with Crippen LogP contribution >= 0.6 is 12.4 Å². The molecule has 5 nitrogen and oxygen atoms in total. The highest BCUT2D eigenvalue weighted by molar-refractivity contribution is 6.01. The Bertz CT molecular complexity index is 833. The van der Waals surface area contributed by atoms with Crippen LogP contribution in [0.25, 0.3) is 0 Å². The van der Waals surface area contributed by atoms with E-state index in [2.05, 4.69) is 0 Å². The van der Waals surface area contributed by atoms with Gasteiger partial charge in [-0.1, -0.05) is 49.4 Å². The lowest BCUT2D eigenvalue weighted by Crippen LogP contribution is -2.46. The number of hydrogen-bond acceptors (Lipinski definition) is 3. The van der Waals surface area contributed by atoms with Crippen LogP contribution < -0.4 is 10.6 Å². The lowest BCUT2D eigenvalue weighted by molar-refractivity contribution is -0.140. The number of para-hydroxylation sites is 1. The molecule has 1 heterocycles. The number of rotatable bonds is 5. The molecule has 1 fully saturated rings. The summed E-state index contributed by atoms with van der Waals surface area (Å²) in [4.78, 5) is 28.6. The molecule has 2 N–H and O–H groups in total. The van der Waals surface area contributed by atoms with Crippen LogP contribution in [-0.2, 0) is 9.59 Å². The Kier molecular flexibility index (Phi) is 7.16. The van der Waals surface area contributed by atoms with Gasteiger partial charge in [-0.15, -0.1) is 12.4 Å². The highest BCUT2D eigenvalue weighted by Gasteiger charge is 2.39. The summed E-state index contributed by atoms with van der Waals surface area (Å²) in [5.41, 5.74) is 7.38. The van der Waals surface area contributed by atoms with E-state index in [0.29, 0.717) is 13.0 Å². The fraction of sp³-hybridized carbons (Fsp3) is 0.333. The van der Waals surface area contributed by atoms with Crippen LogP contribution in [0.1, 0.15) is 24.9 Å². The van der Waals surface area contributed by atoms with Crippen molar-refractivity contribution in [1.82, 2.24) is 4.90 Å². The number of carbonyl (C=O) groups excluding carboxylic acids is 2. The summed E-state index contributed by atoms with van der Waals surface area (Å²) in [6, 6.07) is 14.5. The lowest BCUT2D eigenvalue weighted by atomic mass is 9.94. The molecule has 1 saturated heterocycles. The van der Waals surface area contributed by atoms with E-state index in [0.717, 1.165) is 5.56 Å². The van der Waals surface area contributed by atoms with E-state index in [1.807, 2.05) is 30.3 Å². The van der Waals surface area contributed by atoms with Crippen molar-refractivity contribution in [2.45, 2.75) is 25.4 Å². The molecule has 3 rings (SSSR count). The molecule has 2 aromatic carbocycles. The van der Waals surface area contributed by atoms with Crippen molar-refractivity contribution in [1.29, 1.82) is 0 Å². The van der Waals surface area contributed by atoms with E-state index in [-0.39, 0.29) is 29.9 Å². The smallest absolute Gasteiger partial charge is 0.249 e. The van der Waals surface area contributed by atoms with Crippen molar-refractivity contribution in [3.63, 3.8) is 0 Å². The van der Waals surface area contributed by atoms with Gasteiger partial charge in [-0.25, -0.2) is 4.39 Å². The molecule has 0 saturated carbocycles. The van der Waals surface area contributed by atoms with Crippen molar-refractivity contribution in [2.24, 2.45) is 11.7 Å². The third-order valence-corrected chi connectivity index (χ3v) is 5.25. The second kappa shape index (κ2) is 9.17. The van der Waals surface area contributed by atoms with Gasteiger partial charge in [0.25, 0.3) is 0 Å². The second-order valence-corrected chi connectivity index (χ2v) is 6.92. The number of benzene rings is 2. The summed E-state index contributed by atoms with van der Waals surface area (Å²) in [5.74, 6) is -1.39. The fourth-order valence-electron chi connectivity index (χ4n) is 3.53. The summed E-state index contributed by atoms with van der Waals surface area (Å²) in [6.45, 7) is 2.14. The Balaban J connectivity index is 0.00000280. The summed E-state index contributed by atoms with van der Waals surface area (Å²) in [6.07, 6.45) is 0.461. The molecule has 2 aromatic rings. The number of likely N-dealkylation sites (N-methyl/N-ethyl adjacent to an activating group) is 1. The molecule has 0 aromatic heterocycles. The number of amides is 2. The van der Waals surface area contributed by atoms with Gasteiger partial charge >= 0.3 is 0 Å². The average Bonchev–Trinajstić information content (AvgIpc) is 3.08. The van der Waals surface area contributed by atoms with Crippen molar-refractivity contribution >= 4 is 29.9 Å². The van der Waals surface area contributed by atoms with Gasteiger partial charge in [0.05, 0.1) is 11.6 Å². The molecule has 0 bridgehead atoms. The first-order valence-electron chi connectivity index (χ1n) is 9.05. The molecule has 1 aliphatic heterocycles. The van der Waals surface area contributed by atoms with Gasteiger partial charge in [0.1, 0.15) is 11.9 Å². The number of carbonyl (C=O) groups is 2. The molecular weight excluding hydrogens is 381 g/mol. The minimum absolute atomic E-state index is 0. The highest BCUT2D eigenvalue weighted by Crippen LogP contribution is 2.28. The van der Waals surface area contributed by atoms with Gasteiger partial charge in [0.2, 0.25) is 11.8 Å². The van der Waals surface area contributed by atoms with E-state index in [4.69, 9.17) is 5.73 Å². The van der Waals surface area contributed by atoms with E-state index in [1.54, 1.807) is 32.2 Å². The maximum Gasteiger partial charge on any atom is 0.249 e. The second-order valence-electron chi connectivity index (χ2n) is 6.92. The molecule has 28 heavy (non-hydrogen) atoms. The Labute approximate surface area is 170 Å². The average molecular weight is 406 g/mol. The zero-order chi connectivity index (χ0) is 19.6. The third-order valence-electron chi connectivity index (χ3n) is 5.25. The van der Waals surface area contributed by atoms with Crippen LogP contribution in [0.3, 0.4) is 0 Å². The SMILES string of the molecule is CC(C(=O)N(C)C1CCN(c2ccccc2F)C1=O)C(N)c1ccccc1.Cl. The number of hydrogen-bond donors (Lipinski definition) is 1. The van der Waals surface area contributed by atoms with Crippen LogP contribution in [0.15, 0.2) is 54.6 Å². The predicted molar refractivity (Wildman–Crippen MR) is 110 cm³/mol. The number of nitrogens with zero attached hydrogens (tertiary/aromatic N) is 2. The Morgan fingerprint density at radius 2 is 1.79 bits per heavy atom. The zero-order valence-electron chi connectivity index (χ0n) is 15.9. The van der Waals surface area contributed by atoms with Crippen LogP contribution in [0.5, 0.6) is 0 Å². The van der Waals surface area contributed by atoms with Crippen LogP contribution in [-0.4, -0.2) is 36.3 Å². The minimum atomic E-state index is -0.609. The minimum Gasteiger partial charge on any atom is -0.333 e. The molecule has 0 aliphatic carbocycles. The molecule has 150 valence electrons. The fourth-order valence-corrected chi connectivity index (χ4v) is 3.53. The molecular formula is C21H25ClFN3O2. The van der Waals surface area contributed by atoms with Gasteiger partial charge in [-0.05, 0) is 24.1 Å². The predicted octanol–water partition coefficient (Wildman–Crippen LogP) is 3.15. The molecule has 2 amide bonds. The van der Waals surface area contributed by atoms with Gasteiger partial charge in [-0.3, -0.25) is 9.59 Å². The van der Waals surface area contributed by atoms with Crippen LogP contribution in [0.2, 0.25) is 0 Å². The first-order valence-corrected chi connectivity index (χ1v) is 9.05. The van der Waals surface area contributed by atoms with Gasteiger partial charge < -0.3 is 15.5 Å². The summed E-state index contributed by atoms with van der Waals surface area (Å²) in [7, 11) is 1.62. The monoisotopic (exact) mass is 405 g/mol. The van der Waals surface area contributed by atoms with Crippen molar-refractivity contribution < 1.29 is 14.0 Å². The number of anilines is 1. The van der Waals surface area contributed by atoms with E-state index >= 15 is 0 Å². The highest BCUT2D eigenvalue weighted by atomic mass is 35.5. The quantitative estimate of drug-likeness (QED) is 0.830. The standard InChI is InChI=1S/C21H24FN3O2.ClH/c1-14(19(23)15-8-4-3-5-9-15)20(26)24(2)18-12-13-25(21(18)27)17-11-7-6-10-16(17)22;/h3-11,14,18-19H,12-13,23H2,1-2H3;1H. The third kappa shape index (κ3) is 4.18. The normalized spacial score (nSPS) is 18.4. The first kappa shape index (κ1) is 21.9.